The van der Waals surface area contributed by atoms with Crippen molar-refractivity contribution in [3.8, 4) is 5.75 Å². The maximum Gasteiger partial charge on any atom is 0.119 e. The minimum atomic E-state index is 0.130. The van der Waals surface area contributed by atoms with E-state index in [1.165, 1.54) is 11.1 Å². The van der Waals surface area contributed by atoms with Crippen LogP contribution >= 0.6 is 0 Å². The molecule has 0 bridgehead atoms. The first kappa shape index (κ1) is 12.9. The highest BCUT2D eigenvalue weighted by Crippen LogP contribution is 2.38. The van der Waals surface area contributed by atoms with Crippen molar-refractivity contribution in [2.24, 2.45) is 0 Å². The van der Waals surface area contributed by atoms with E-state index in [2.05, 4.69) is 31.3 Å². The van der Waals surface area contributed by atoms with Gasteiger partial charge in [-0.25, -0.2) is 0 Å². The maximum absolute atomic E-state index is 6.19. The second-order valence-corrected chi connectivity index (χ2v) is 6.00. The van der Waals surface area contributed by atoms with E-state index in [1.54, 1.807) is 7.11 Å². The summed E-state index contributed by atoms with van der Waals surface area (Å²) in [6.07, 6.45) is 3.55. The van der Waals surface area contributed by atoms with E-state index in [0.29, 0.717) is 6.04 Å². The van der Waals surface area contributed by atoms with Gasteiger partial charge in [0.1, 0.15) is 5.75 Å². The van der Waals surface area contributed by atoms with Gasteiger partial charge >= 0.3 is 0 Å². The van der Waals surface area contributed by atoms with E-state index in [4.69, 9.17) is 9.47 Å². The van der Waals surface area contributed by atoms with Crippen LogP contribution in [0.1, 0.15) is 43.9 Å². The van der Waals surface area contributed by atoms with Crippen LogP contribution in [0.5, 0.6) is 5.75 Å². The van der Waals surface area contributed by atoms with E-state index in [9.17, 15) is 0 Å². The molecule has 1 aliphatic carbocycles. The second kappa shape index (κ2) is 4.80. The number of ether oxygens (including phenoxy) is 2. The third-order valence-corrected chi connectivity index (χ3v) is 4.64. The number of rotatable bonds is 2. The lowest BCUT2D eigenvalue weighted by Gasteiger charge is -2.46. The summed E-state index contributed by atoms with van der Waals surface area (Å²) < 4.78 is 11.5. The van der Waals surface area contributed by atoms with Crippen LogP contribution in [0.25, 0.3) is 0 Å². The summed E-state index contributed by atoms with van der Waals surface area (Å²) in [5.74, 6) is 0.944. The van der Waals surface area contributed by atoms with Crippen LogP contribution in [-0.2, 0) is 11.2 Å². The van der Waals surface area contributed by atoms with Gasteiger partial charge in [0.05, 0.1) is 19.8 Å². The molecule has 3 heteroatoms. The van der Waals surface area contributed by atoms with Gasteiger partial charge in [-0.2, -0.15) is 0 Å². The van der Waals surface area contributed by atoms with Crippen molar-refractivity contribution in [1.29, 1.82) is 0 Å². The Morgan fingerprint density at radius 3 is 3.05 bits per heavy atom. The Balaban J connectivity index is 1.87. The summed E-state index contributed by atoms with van der Waals surface area (Å²) in [5, 5.41) is 3.79. The minimum absolute atomic E-state index is 0.130. The predicted octanol–water partition coefficient (Wildman–Crippen LogP) is 2.84. The third kappa shape index (κ3) is 2.26. The molecule has 0 aromatic heterocycles. The number of benzene rings is 1. The number of morpholine rings is 1. The molecule has 3 atom stereocenters. The summed E-state index contributed by atoms with van der Waals surface area (Å²) in [4.78, 5) is 0. The number of methoxy groups -OCH3 is 1. The Morgan fingerprint density at radius 1 is 1.47 bits per heavy atom. The molecule has 1 aromatic rings. The molecule has 0 amide bonds. The van der Waals surface area contributed by atoms with E-state index in [0.717, 1.165) is 31.6 Å². The normalized spacial score (nSPS) is 33.4. The molecule has 0 saturated carbocycles. The van der Waals surface area contributed by atoms with Crippen molar-refractivity contribution in [1.82, 2.24) is 5.32 Å². The van der Waals surface area contributed by atoms with Crippen molar-refractivity contribution in [3.63, 3.8) is 0 Å². The first-order valence-electron chi connectivity index (χ1n) is 7.21. The number of aryl methyl sites for hydroxylation is 1. The molecule has 3 rings (SSSR count). The summed E-state index contributed by atoms with van der Waals surface area (Å²) in [5.41, 5.74) is 2.84. The molecular weight excluding hydrogens is 238 g/mol. The standard InChI is InChI=1S/C16H23NO2/c1-4-16(2)10-19-15-13-7-6-12(18-3)9-11(13)5-8-14(15)17-16/h6-7,9,14-15,17H,4-5,8,10H2,1-3H3. The van der Waals surface area contributed by atoms with Gasteiger partial charge in [-0.1, -0.05) is 13.0 Å². The molecule has 1 N–H and O–H groups in total. The zero-order chi connectivity index (χ0) is 13.5. The number of hydrogen-bond donors (Lipinski definition) is 1. The Hall–Kier alpha value is -1.06. The summed E-state index contributed by atoms with van der Waals surface area (Å²) >= 11 is 0. The number of nitrogens with one attached hydrogen (secondary N) is 1. The fourth-order valence-corrected chi connectivity index (χ4v) is 3.20. The van der Waals surface area contributed by atoms with Crippen molar-refractivity contribution in [2.45, 2.75) is 50.8 Å². The van der Waals surface area contributed by atoms with Gasteiger partial charge < -0.3 is 14.8 Å². The van der Waals surface area contributed by atoms with Gasteiger partial charge in [-0.15, -0.1) is 0 Å². The van der Waals surface area contributed by atoms with E-state index < -0.39 is 0 Å². The fraction of sp³-hybridized carbons (Fsp3) is 0.625. The number of fused-ring (bicyclic) bond motifs is 3. The van der Waals surface area contributed by atoms with E-state index in [1.807, 2.05) is 6.07 Å². The molecular formula is C16H23NO2. The molecule has 104 valence electrons. The smallest absolute Gasteiger partial charge is 0.119 e. The topological polar surface area (TPSA) is 30.5 Å². The third-order valence-electron chi connectivity index (χ3n) is 4.64. The molecule has 1 aromatic carbocycles. The highest BCUT2D eigenvalue weighted by molar-refractivity contribution is 5.40. The zero-order valence-electron chi connectivity index (χ0n) is 12.0. The number of hydrogen-bond acceptors (Lipinski definition) is 3. The van der Waals surface area contributed by atoms with Gasteiger partial charge in [0.2, 0.25) is 0 Å². The van der Waals surface area contributed by atoms with Gasteiger partial charge in [0, 0.05) is 11.6 Å². The Kier molecular flexibility index (Phi) is 3.27. The highest BCUT2D eigenvalue weighted by Gasteiger charge is 2.40. The monoisotopic (exact) mass is 261 g/mol. The summed E-state index contributed by atoms with van der Waals surface area (Å²) in [7, 11) is 1.72. The van der Waals surface area contributed by atoms with Crippen LogP contribution in [0.4, 0.5) is 0 Å². The van der Waals surface area contributed by atoms with Crippen molar-refractivity contribution >= 4 is 0 Å². The molecule has 1 heterocycles. The lowest BCUT2D eigenvalue weighted by molar-refractivity contribution is -0.0666. The Labute approximate surface area is 115 Å². The van der Waals surface area contributed by atoms with Crippen LogP contribution in [0.3, 0.4) is 0 Å². The predicted molar refractivity (Wildman–Crippen MR) is 75.6 cm³/mol. The largest absolute Gasteiger partial charge is 0.497 e. The van der Waals surface area contributed by atoms with Crippen LogP contribution in [-0.4, -0.2) is 25.3 Å². The van der Waals surface area contributed by atoms with Crippen LogP contribution in [0, 0.1) is 0 Å². The van der Waals surface area contributed by atoms with Crippen LogP contribution < -0.4 is 10.1 Å². The SMILES string of the molecule is CCC1(C)COC2c3ccc(OC)cc3CCC2N1. The average Bonchev–Trinajstić information content (AvgIpc) is 2.46. The highest BCUT2D eigenvalue weighted by atomic mass is 16.5. The average molecular weight is 261 g/mol. The summed E-state index contributed by atoms with van der Waals surface area (Å²) in [6, 6.07) is 6.81. The maximum atomic E-state index is 6.19. The van der Waals surface area contributed by atoms with E-state index in [-0.39, 0.29) is 11.6 Å². The zero-order valence-corrected chi connectivity index (χ0v) is 12.0. The minimum Gasteiger partial charge on any atom is -0.497 e. The lowest BCUT2D eigenvalue weighted by Crippen LogP contribution is -2.58. The van der Waals surface area contributed by atoms with Gasteiger partial charge in [-0.3, -0.25) is 0 Å². The molecule has 1 fully saturated rings. The lowest BCUT2D eigenvalue weighted by atomic mass is 9.82. The molecule has 3 unspecified atom stereocenters. The molecule has 2 aliphatic rings. The van der Waals surface area contributed by atoms with E-state index >= 15 is 0 Å². The van der Waals surface area contributed by atoms with Gasteiger partial charge in [0.15, 0.2) is 0 Å². The Morgan fingerprint density at radius 2 is 2.32 bits per heavy atom. The molecule has 0 radical (unpaired) electrons. The Bertz CT molecular complexity index is 474. The van der Waals surface area contributed by atoms with Crippen molar-refractivity contribution < 1.29 is 9.47 Å². The van der Waals surface area contributed by atoms with Gasteiger partial charge in [0.25, 0.3) is 0 Å². The first-order valence-corrected chi connectivity index (χ1v) is 7.21. The van der Waals surface area contributed by atoms with Crippen LogP contribution in [0.2, 0.25) is 0 Å². The molecule has 0 spiro atoms. The quantitative estimate of drug-likeness (QED) is 0.888. The molecule has 1 saturated heterocycles. The van der Waals surface area contributed by atoms with Crippen LogP contribution in [0.15, 0.2) is 18.2 Å². The first-order chi connectivity index (χ1) is 9.15. The molecule has 3 nitrogen and oxygen atoms in total. The second-order valence-electron chi connectivity index (χ2n) is 6.00. The van der Waals surface area contributed by atoms with Gasteiger partial charge in [-0.05, 0) is 49.4 Å². The molecule has 1 aliphatic heterocycles. The fourth-order valence-electron chi connectivity index (χ4n) is 3.20. The molecule has 19 heavy (non-hydrogen) atoms. The summed E-state index contributed by atoms with van der Waals surface area (Å²) in [6.45, 7) is 5.27. The van der Waals surface area contributed by atoms with Crippen molar-refractivity contribution in [2.75, 3.05) is 13.7 Å². The van der Waals surface area contributed by atoms with Crippen molar-refractivity contribution in [3.05, 3.63) is 29.3 Å².